The van der Waals surface area contributed by atoms with E-state index >= 15 is 0 Å². The molecule has 3 aliphatic heterocycles. The molecule has 1 aromatic carbocycles. The van der Waals surface area contributed by atoms with E-state index in [1.54, 1.807) is 4.31 Å². The summed E-state index contributed by atoms with van der Waals surface area (Å²) in [6.07, 6.45) is 8.74. The highest BCUT2D eigenvalue weighted by atomic mass is 32.2. The van der Waals surface area contributed by atoms with Gasteiger partial charge in [0.05, 0.1) is 10.3 Å². The first-order valence-electron chi connectivity index (χ1n) is 10.5. The lowest BCUT2D eigenvalue weighted by Crippen LogP contribution is -2.35. The van der Waals surface area contributed by atoms with Crippen molar-refractivity contribution in [2.75, 3.05) is 37.4 Å². The lowest BCUT2D eigenvalue weighted by Gasteiger charge is -2.32. The van der Waals surface area contributed by atoms with E-state index in [1.807, 2.05) is 0 Å². The molecule has 0 amide bonds. The van der Waals surface area contributed by atoms with Gasteiger partial charge in [-0.3, -0.25) is 0 Å². The minimum absolute atomic E-state index is 0.204. The second kappa shape index (κ2) is 8.88. The first-order valence-corrected chi connectivity index (χ1v) is 14.3. The maximum atomic E-state index is 11.9. The van der Waals surface area contributed by atoms with Crippen molar-refractivity contribution in [3.05, 3.63) is 34.9 Å². The Morgan fingerprint density at radius 3 is 2.64 bits per heavy atom. The molecule has 0 bridgehead atoms. The lowest BCUT2D eigenvalue weighted by molar-refractivity contribution is 0.342. The van der Waals surface area contributed by atoms with Gasteiger partial charge in [0.2, 0.25) is 10.0 Å². The van der Waals surface area contributed by atoms with Crippen LogP contribution in [-0.4, -0.2) is 50.1 Å². The van der Waals surface area contributed by atoms with E-state index in [0.29, 0.717) is 13.1 Å². The van der Waals surface area contributed by atoms with Gasteiger partial charge in [0.1, 0.15) is 0 Å². The van der Waals surface area contributed by atoms with E-state index in [1.165, 1.54) is 79.6 Å². The Morgan fingerprint density at radius 2 is 1.93 bits per heavy atom. The van der Waals surface area contributed by atoms with E-state index < -0.39 is 10.0 Å². The molecule has 0 aliphatic carbocycles. The first-order chi connectivity index (χ1) is 13.5. The van der Waals surface area contributed by atoms with Crippen LogP contribution in [0.3, 0.4) is 0 Å². The average Bonchev–Trinajstić information content (AvgIpc) is 3.17. The van der Waals surface area contributed by atoms with Crippen LogP contribution in [0.4, 0.5) is 0 Å². The highest BCUT2D eigenvalue weighted by Gasteiger charge is 2.38. The van der Waals surface area contributed by atoms with Crippen molar-refractivity contribution in [1.82, 2.24) is 9.62 Å². The molecule has 156 valence electrons. The lowest BCUT2D eigenvalue weighted by atomic mass is 9.91. The molecule has 4 nitrogen and oxygen atoms in total. The number of fused-ring (bicyclic) bond motifs is 1. The molecule has 1 N–H and O–H groups in total. The highest BCUT2D eigenvalue weighted by molar-refractivity contribution is 8.20. The molecule has 2 saturated heterocycles. The third kappa shape index (κ3) is 4.75. The Labute approximate surface area is 178 Å². The second-order valence-electron chi connectivity index (χ2n) is 8.37. The predicted octanol–water partition coefficient (Wildman–Crippen LogP) is 3.81. The van der Waals surface area contributed by atoms with Crippen molar-refractivity contribution >= 4 is 33.5 Å². The van der Waals surface area contributed by atoms with Gasteiger partial charge in [0.25, 0.3) is 0 Å². The third-order valence-corrected chi connectivity index (χ3v) is 11.3. The van der Waals surface area contributed by atoms with Crippen molar-refractivity contribution in [2.45, 2.75) is 49.1 Å². The van der Waals surface area contributed by atoms with E-state index in [4.69, 9.17) is 0 Å². The van der Waals surface area contributed by atoms with E-state index in [-0.39, 0.29) is 4.08 Å². The average molecular weight is 441 g/mol. The van der Waals surface area contributed by atoms with Gasteiger partial charge >= 0.3 is 0 Å². The molecule has 1 aromatic rings. The molecule has 0 aromatic heterocycles. The molecule has 4 rings (SSSR count). The van der Waals surface area contributed by atoms with Gasteiger partial charge in [0.15, 0.2) is 0 Å². The summed E-state index contributed by atoms with van der Waals surface area (Å²) in [6.45, 7) is 3.51. The summed E-state index contributed by atoms with van der Waals surface area (Å²) < 4.78 is 25.6. The van der Waals surface area contributed by atoms with Crippen LogP contribution in [0.1, 0.15) is 48.8 Å². The zero-order valence-corrected chi connectivity index (χ0v) is 19.2. The van der Waals surface area contributed by atoms with Crippen molar-refractivity contribution in [2.24, 2.45) is 5.92 Å². The summed E-state index contributed by atoms with van der Waals surface area (Å²) in [5, 5.41) is 3.47. The molecule has 7 heteroatoms. The van der Waals surface area contributed by atoms with Crippen LogP contribution in [0.2, 0.25) is 0 Å². The van der Waals surface area contributed by atoms with E-state index in [9.17, 15) is 8.42 Å². The molecule has 0 radical (unpaired) electrons. The molecular weight excluding hydrogens is 408 g/mol. The fourth-order valence-corrected chi connectivity index (χ4v) is 8.87. The van der Waals surface area contributed by atoms with Crippen LogP contribution in [0.5, 0.6) is 0 Å². The quantitative estimate of drug-likeness (QED) is 0.729. The number of piperidine rings is 1. The van der Waals surface area contributed by atoms with Crippen LogP contribution in [0.15, 0.2) is 18.2 Å². The van der Waals surface area contributed by atoms with Crippen LogP contribution in [0, 0.1) is 5.92 Å². The van der Waals surface area contributed by atoms with Gasteiger partial charge in [-0.1, -0.05) is 31.0 Å². The zero-order chi connectivity index (χ0) is 19.6. The standard InChI is InChI=1S/C21H32N2O2S3/c1-28(24,25)23-12-8-18-15-20(5-4-19(18)16-23)21(26-13-14-27-21)9-2-3-17-6-10-22-11-7-17/h4-5,15,17,22H,2-3,6-14,16H2,1H3. The zero-order valence-electron chi connectivity index (χ0n) is 16.8. The summed E-state index contributed by atoms with van der Waals surface area (Å²) in [7, 11) is -3.11. The minimum atomic E-state index is -3.11. The third-order valence-electron chi connectivity index (χ3n) is 6.42. The number of thioether (sulfide) groups is 2. The number of rotatable bonds is 6. The molecule has 0 saturated carbocycles. The summed E-state index contributed by atoms with van der Waals surface area (Å²) >= 11 is 4.26. The molecule has 3 aliphatic rings. The molecule has 0 spiro atoms. The maximum absolute atomic E-state index is 11.9. The first kappa shape index (κ1) is 21.0. The van der Waals surface area contributed by atoms with Crippen LogP contribution >= 0.6 is 23.5 Å². The molecule has 0 unspecified atom stereocenters. The summed E-state index contributed by atoms with van der Waals surface area (Å²) in [5.41, 5.74) is 3.98. The number of nitrogens with zero attached hydrogens (tertiary/aromatic N) is 1. The minimum Gasteiger partial charge on any atom is -0.317 e. The summed E-state index contributed by atoms with van der Waals surface area (Å²) in [5.74, 6) is 3.37. The Bertz CT molecular complexity index is 785. The SMILES string of the molecule is CS(=O)(=O)N1CCc2cc(C3(CCCC4CCNCC4)SCCS3)ccc2C1. The summed E-state index contributed by atoms with van der Waals surface area (Å²) in [6, 6.07) is 6.86. The normalized spacial score (nSPS) is 23.6. The smallest absolute Gasteiger partial charge is 0.211 e. The summed E-state index contributed by atoms with van der Waals surface area (Å²) in [4.78, 5) is 0. The molecule has 0 atom stereocenters. The van der Waals surface area contributed by atoms with Gasteiger partial charge < -0.3 is 5.32 Å². The largest absolute Gasteiger partial charge is 0.317 e. The van der Waals surface area contributed by atoms with Crippen molar-refractivity contribution in [3.63, 3.8) is 0 Å². The van der Waals surface area contributed by atoms with E-state index in [0.717, 1.165) is 12.3 Å². The van der Waals surface area contributed by atoms with Gasteiger partial charge in [-0.15, -0.1) is 23.5 Å². The number of hydrogen-bond acceptors (Lipinski definition) is 5. The fraction of sp³-hybridized carbons (Fsp3) is 0.714. The number of nitrogens with one attached hydrogen (secondary N) is 1. The molecule has 2 fully saturated rings. The van der Waals surface area contributed by atoms with Crippen molar-refractivity contribution in [1.29, 1.82) is 0 Å². The van der Waals surface area contributed by atoms with Crippen molar-refractivity contribution in [3.8, 4) is 0 Å². The molecule has 28 heavy (non-hydrogen) atoms. The van der Waals surface area contributed by atoms with Gasteiger partial charge in [0, 0.05) is 24.6 Å². The highest BCUT2D eigenvalue weighted by Crippen LogP contribution is 2.55. The number of sulfonamides is 1. The Kier molecular flexibility index (Phi) is 6.67. The monoisotopic (exact) mass is 440 g/mol. The second-order valence-corrected chi connectivity index (χ2v) is 13.4. The Balaban J connectivity index is 1.46. The van der Waals surface area contributed by atoms with Crippen molar-refractivity contribution < 1.29 is 8.42 Å². The topological polar surface area (TPSA) is 49.4 Å². The van der Waals surface area contributed by atoms with Gasteiger partial charge in [-0.2, -0.15) is 4.31 Å². The number of benzene rings is 1. The predicted molar refractivity (Wildman–Crippen MR) is 121 cm³/mol. The maximum Gasteiger partial charge on any atom is 0.211 e. The van der Waals surface area contributed by atoms with Gasteiger partial charge in [-0.05, 0) is 61.4 Å². The fourth-order valence-electron chi connectivity index (χ4n) is 4.75. The van der Waals surface area contributed by atoms with Crippen LogP contribution in [-0.2, 0) is 27.1 Å². The molecule has 3 heterocycles. The van der Waals surface area contributed by atoms with Gasteiger partial charge in [-0.25, -0.2) is 8.42 Å². The Morgan fingerprint density at radius 1 is 1.18 bits per heavy atom. The van der Waals surface area contributed by atoms with E-state index in [2.05, 4.69) is 47.0 Å². The van der Waals surface area contributed by atoms with Crippen LogP contribution < -0.4 is 5.32 Å². The number of hydrogen-bond donors (Lipinski definition) is 1. The Hall–Kier alpha value is -0.210. The molecular formula is C21H32N2O2S3. The van der Waals surface area contributed by atoms with Crippen LogP contribution in [0.25, 0.3) is 0 Å².